The fourth-order valence-corrected chi connectivity index (χ4v) is 2.56. The maximum Gasteiger partial charge on any atom is 0.168 e. The molecule has 3 rings (SSSR count). The lowest BCUT2D eigenvalue weighted by Crippen LogP contribution is -1.89. The summed E-state index contributed by atoms with van der Waals surface area (Å²) < 4.78 is 10.6. The van der Waals surface area contributed by atoms with Crippen molar-refractivity contribution in [1.29, 1.82) is 0 Å². The third-order valence-corrected chi connectivity index (χ3v) is 3.42. The molecule has 0 heterocycles. The summed E-state index contributed by atoms with van der Waals surface area (Å²) in [6, 6.07) is 10.4. The van der Waals surface area contributed by atoms with E-state index in [9.17, 15) is 10.2 Å². The van der Waals surface area contributed by atoms with Gasteiger partial charge in [0, 0.05) is 16.8 Å². The number of ether oxygens (including phenoxy) is 2. The summed E-state index contributed by atoms with van der Waals surface area (Å²) >= 11 is 0. The van der Waals surface area contributed by atoms with Crippen LogP contribution in [0.5, 0.6) is 23.0 Å². The number of phenolic OH excluding ortho intramolecular Hbond substituents is 2. The van der Waals surface area contributed by atoms with Crippen LogP contribution in [-0.4, -0.2) is 24.4 Å². The highest BCUT2D eigenvalue weighted by Gasteiger charge is 2.13. The maximum atomic E-state index is 9.85. The van der Waals surface area contributed by atoms with Gasteiger partial charge in [0.05, 0.1) is 14.2 Å². The molecule has 2 N–H and O–H groups in total. The Balaban J connectivity index is 2.53. The Morgan fingerprint density at radius 1 is 0.850 bits per heavy atom. The molecule has 0 aliphatic rings. The van der Waals surface area contributed by atoms with E-state index in [4.69, 9.17) is 9.47 Å². The van der Waals surface area contributed by atoms with Crippen LogP contribution in [0.4, 0.5) is 0 Å². The molecule has 0 aromatic heterocycles. The van der Waals surface area contributed by atoms with Crippen molar-refractivity contribution < 1.29 is 19.7 Å². The lowest BCUT2D eigenvalue weighted by Gasteiger charge is -2.12. The number of hydrogen-bond acceptors (Lipinski definition) is 4. The highest BCUT2D eigenvalue weighted by atomic mass is 16.5. The number of aromatic hydroxyl groups is 2. The van der Waals surface area contributed by atoms with Crippen molar-refractivity contribution in [3.05, 3.63) is 36.4 Å². The van der Waals surface area contributed by atoms with Crippen LogP contribution in [0, 0.1) is 0 Å². The zero-order valence-corrected chi connectivity index (χ0v) is 11.2. The molecule has 3 aromatic carbocycles. The van der Waals surface area contributed by atoms with Crippen LogP contribution < -0.4 is 9.47 Å². The van der Waals surface area contributed by atoms with Crippen molar-refractivity contribution in [2.24, 2.45) is 0 Å². The summed E-state index contributed by atoms with van der Waals surface area (Å²) in [7, 11) is 3.08. The van der Waals surface area contributed by atoms with Gasteiger partial charge in [-0.3, -0.25) is 0 Å². The molecule has 0 aliphatic carbocycles. The first-order chi connectivity index (χ1) is 9.65. The molecule has 4 heteroatoms. The fourth-order valence-electron chi connectivity index (χ4n) is 2.56. The number of hydrogen-bond donors (Lipinski definition) is 2. The van der Waals surface area contributed by atoms with Gasteiger partial charge in [-0.25, -0.2) is 0 Å². The molecule has 20 heavy (non-hydrogen) atoms. The number of benzene rings is 3. The second-order valence-corrected chi connectivity index (χ2v) is 4.52. The summed E-state index contributed by atoms with van der Waals surface area (Å²) in [6.45, 7) is 0. The van der Waals surface area contributed by atoms with Gasteiger partial charge in [-0.05, 0) is 35.0 Å². The standard InChI is InChI=1S/C16H14O4/c1-19-14-8-10(17)7-9-3-4-12-11(15(9)14)5-6-13(18)16(12)20-2/h3-8,17-18H,1-2H3. The monoisotopic (exact) mass is 270 g/mol. The smallest absolute Gasteiger partial charge is 0.168 e. The average Bonchev–Trinajstić information content (AvgIpc) is 2.45. The van der Waals surface area contributed by atoms with Crippen LogP contribution in [0.15, 0.2) is 36.4 Å². The van der Waals surface area contributed by atoms with Gasteiger partial charge in [0.2, 0.25) is 0 Å². The van der Waals surface area contributed by atoms with Gasteiger partial charge in [0.1, 0.15) is 11.5 Å². The predicted octanol–water partition coefficient (Wildman–Crippen LogP) is 3.42. The Morgan fingerprint density at radius 2 is 1.60 bits per heavy atom. The molecule has 0 radical (unpaired) electrons. The van der Waals surface area contributed by atoms with Crippen LogP contribution in [0.3, 0.4) is 0 Å². The molecule has 0 atom stereocenters. The summed E-state index contributed by atoms with van der Waals surface area (Å²) in [6.07, 6.45) is 0. The molecule has 4 nitrogen and oxygen atoms in total. The van der Waals surface area contributed by atoms with Crippen molar-refractivity contribution in [1.82, 2.24) is 0 Å². The molecule has 0 fully saturated rings. The third kappa shape index (κ3) is 1.69. The first kappa shape index (κ1) is 12.4. The molecule has 0 unspecified atom stereocenters. The van der Waals surface area contributed by atoms with Crippen molar-refractivity contribution in [3.63, 3.8) is 0 Å². The van der Waals surface area contributed by atoms with Crippen molar-refractivity contribution >= 4 is 21.5 Å². The van der Waals surface area contributed by atoms with E-state index in [1.54, 1.807) is 25.3 Å². The van der Waals surface area contributed by atoms with Crippen LogP contribution in [0.1, 0.15) is 0 Å². The van der Waals surface area contributed by atoms with Crippen LogP contribution in [0.2, 0.25) is 0 Å². The molecule has 0 amide bonds. The minimum Gasteiger partial charge on any atom is -0.508 e. The highest BCUT2D eigenvalue weighted by molar-refractivity contribution is 6.13. The van der Waals surface area contributed by atoms with Gasteiger partial charge in [0.25, 0.3) is 0 Å². The van der Waals surface area contributed by atoms with Crippen molar-refractivity contribution in [2.75, 3.05) is 14.2 Å². The minimum absolute atomic E-state index is 0.0945. The van der Waals surface area contributed by atoms with E-state index in [1.807, 2.05) is 18.2 Å². The zero-order valence-electron chi connectivity index (χ0n) is 11.2. The van der Waals surface area contributed by atoms with Crippen LogP contribution in [0.25, 0.3) is 21.5 Å². The van der Waals surface area contributed by atoms with E-state index in [0.717, 1.165) is 21.5 Å². The summed E-state index contributed by atoms with van der Waals surface area (Å²) in [5, 5.41) is 23.0. The molecule has 102 valence electrons. The van der Waals surface area contributed by atoms with Gasteiger partial charge < -0.3 is 19.7 Å². The second kappa shape index (κ2) is 4.49. The Bertz CT molecular complexity index is 809. The van der Waals surface area contributed by atoms with Crippen molar-refractivity contribution in [3.8, 4) is 23.0 Å². The zero-order chi connectivity index (χ0) is 14.3. The quantitative estimate of drug-likeness (QED) is 0.700. The molecular formula is C16H14O4. The average molecular weight is 270 g/mol. The fraction of sp³-hybridized carbons (Fsp3) is 0.125. The summed E-state index contributed by atoms with van der Waals surface area (Å²) in [5.41, 5.74) is 0. The van der Waals surface area contributed by atoms with Gasteiger partial charge in [-0.1, -0.05) is 6.07 Å². The van der Waals surface area contributed by atoms with Crippen molar-refractivity contribution in [2.45, 2.75) is 0 Å². The number of rotatable bonds is 2. The Hall–Kier alpha value is -2.62. The molecule has 0 bridgehead atoms. The molecule has 0 spiro atoms. The van der Waals surface area contributed by atoms with E-state index >= 15 is 0 Å². The molecule has 3 aromatic rings. The van der Waals surface area contributed by atoms with Gasteiger partial charge in [0.15, 0.2) is 11.5 Å². The minimum atomic E-state index is 0.0945. The highest BCUT2D eigenvalue weighted by Crippen LogP contribution is 2.41. The van der Waals surface area contributed by atoms with E-state index in [1.165, 1.54) is 7.11 Å². The van der Waals surface area contributed by atoms with E-state index < -0.39 is 0 Å². The number of fused-ring (bicyclic) bond motifs is 3. The SMILES string of the molecule is COc1c(O)ccc2c1ccc1cc(O)cc(OC)c12. The van der Waals surface area contributed by atoms with Gasteiger partial charge in [-0.2, -0.15) is 0 Å². The Labute approximate surface area is 115 Å². The largest absolute Gasteiger partial charge is 0.508 e. The summed E-state index contributed by atoms with van der Waals surface area (Å²) in [5.74, 6) is 1.26. The predicted molar refractivity (Wildman–Crippen MR) is 77.9 cm³/mol. The van der Waals surface area contributed by atoms with Gasteiger partial charge in [-0.15, -0.1) is 0 Å². The first-order valence-electron chi connectivity index (χ1n) is 6.15. The number of phenols is 2. The second-order valence-electron chi connectivity index (χ2n) is 4.52. The normalized spacial score (nSPS) is 10.9. The lowest BCUT2D eigenvalue weighted by molar-refractivity contribution is 0.378. The van der Waals surface area contributed by atoms with Crippen LogP contribution >= 0.6 is 0 Å². The topological polar surface area (TPSA) is 58.9 Å². The van der Waals surface area contributed by atoms with Crippen LogP contribution in [-0.2, 0) is 0 Å². The first-order valence-corrected chi connectivity index (χ1v) is 6.15. The van der Waals surface area contributed by atoms with Gasteiger partial charge >= 0.3 is 0 Å². The maximum absolute atomic E-state index is 9.85. The summed E-state index contributed by atoms with van der Waals surface area (Å²) in [4.78, 5) is 0. The Morgan fingerprint density at radius 3 is 2.30 bits per heavy atom. The molecule has 0 saturated heterocycles. The molecule has 0 saturated carbocycles. The lowest BCUT2D eigenvalue weighted by atomic mass is 10.00. The van der Waals surface area contributed by atoms with E-state index in [0.29, 0.717) is 11.5 Å². The Kier molecular flexibility index (Phi) is 2.79. The number of methoxy groups -OCH3 is 2. The van der Waals surface area contributed by atoms with E-state index in [-0.39, 0.29) is 11.5 Å². The van der Waals surface area contributed by atoms with E-state index in [2.05, 4.69) is 0 Å². The third-order valence-electron chi connectivity index (χ3n) is 3.42. The molecular weight excluding hydrogens is 256 g/mol. The molecule has 0 aliphatic heterocycles.